The van der Waals surface area contributed by atoms with Gasteiger partial charge in [0.25, 0.3) is 5.95 Å². The van der Waals surface area contributed by atoms with Crippen molar-refractivity contribution >= 4 is 23.2 Å². The molecule has 4 aromatic rings. The third kappa shape index (κ3) is 5.21. The lowest BCUT2D eigenvalue weighted by atomic mass is 10.1. The molecule has 0 atom stereocenters. The molecule has 0 saturated carbocycles. The maximum atomic E-state index is 13.0. The van der Waals surface area contributed by atoms with Crippen LogP contribution in [-0.2, 0) is 11.2 Å². The molecule has 168 valence electrons. The molecule has 8 heteroatoms. The molecule has 1 amide bonds. The van der Waals surface area contributed by atoms with E-state index in [0.29, 0.717) is 28.2 Å². The molecule has 0 spiro atoms. The standard InChI is InChI=1S/C25H24ClN5O2/c1-15-12-16(2)28-25(27-15)31-18(4)21(17(3)30-31)14-24(32)29-22-13-19(26)10-11-23(22)33-20-8-6-5-7-9-20/h5-13H,14H2,1-4H3,(H,29,32). The number of hydrogen-bond donors (Lipinski definition) is 1. The van der Waals surface area contributed by atoms with Crippen molar-refractivity contribution in [3.8, 4) is 17.4 Å². The van der Waals surface area contributed by atoms with Crippen LogP contribution in [0.2, 0.25) is 5.02 Å². The summed E-state index contributed by atoms with van der Waals surface area (Å²) >= 11 is 6.18. The second kappa shape index (κ2) is 9.42. The molecule has 1 N–H and O–H groups in total. The van der Waals surface area contributed by atoms with Gasteiger partial charge in [0, 0.05) is 27.7 Å². The summed E-state index contributed by atoms with van der Waals surface area (Å²) in [6.45, 7) is 7.61. The smallest absolute Gasteiger partial charge is 0.251 e. The van der Waals surface area contributed by atoms with Gasteiger partial charge >= 0.3 is 0 Å². The first-order chi connectivity index (χ1) is 15.8. The Morgan fingerprint density at radius 1 is 1.00 bits per heavy atom. The van der Waals surface area contributed by atoms with Gasteiger partial charge in [0.05, 0.1) is 17.8 Å². The highest BCUT2D eigenvalue weighted by atomic mass is 35.5. The van der Waals surface area contributed by atoms with E-state index in [-0.39, 0.29) is 12.3 Å². The first-order valence-corrected chi connectivity index (χ1v) is 10.9. The van der Waals surface area contributed by atoms with Gasteiger partial charge in [-0.15, -0.1) is 0 Å². The summed E-state index contributed by atoms with van der Waals surface area (Å²) in [5.74, 6) is 1.46. The summed E-state index contributed by atoms with van der Waals surface area (Å²) in [4.78, 5) is 21.9. The molecule has 0 radical (unpaired) electrons. The number of aromatic nitrogens is 4. The predicted molar refractivity (Wildman–Crippen MR) is 128 cm³/mol. The van der Waals surface area contributed by atoms with E-state index in [1.807, 2.05) is 64.1 Å². The lowest BCUT2D eigenvalue weighted by Crippen LogP contribution is -2.16. The van der Waals surface area contributed by atoms with Crippen molar-refractivity contribution in [2.45, 2.75) is 34.1 Å². The monoisotopic (exact) mass is 461 g/mol. The Bertz CT molecular complexity index is 1300. The van der Waals surface area contributed by atoms with Crippen molar-refractivity contribution in [2.75, 3.05) is 5.32 Å². The van der Waals surface area contributed by atoms with E-state index < -0.39 is 0 Å². The number of para-hydroxylation sites is 1. The minimum Gasteiger partial charge on any atom is -0.455 e. The number of amides is 1. The first-order valence-electron chi connectivity index (χ1n) is 10.5. The molecule has 0 unspecified atom stereocenters. The maximum Gasteiger partial charge on any atom is 0.251 e. The highest BCUT2D eigenvalue weighted by Gasteiger charge is 2.19. The molecule has 4 rings (SSSR count). The van der Waals surface area contributed by atoms with Crippen molar-refractivity contribution in [3.63, 3.8) is 0 Å². The number of anilines is 1. The van der Waals surface area contributed by atoms with Crippen LogP contribution >= 0.6 is 11.6 Å². The third-order valence-electron chi connectivity index (χ3n) is 5.13. The summed E-state index contributed by atoms with van der Waals surface area (Å²) in [5.41, 5.74) is 4.60. The van der Waals surface area contributed by atoms with Gasteiger partial charge in [0.2, 0.25) is 5.91 Å². The van der Waals surface area contributed by atoms with Gasteiger partial charge in [-0.2, -0.15) is 5.10 Å². The van der Waals surface area contributed by atoms with Gasteiger partial charge < -0.3 is 10.1 Å². The zero-order valence-corrected chi connectivity index (χ0v) is 19.6. The number of benzene rings is 2. The molecule has 0 fully saturated rings. The van der Waals surface area contributed by atoms with Crippen LogP contribution in [0, 0.1) is 27.7 Å². The fraction of sp³-hybridized carbons (Fsp3) is 0.200. The number of hydrogen-bond acceptors (Lipinski definition) is 5. The second-order valence-corrected chi connectivity index (χ2v) is 8.23. The van der Waals surface area contributed by atoms with Crippen molar-refractivity contribution in [1.82, 2.24) is 19.7 Å². The maximum absolute atomic E-state index is 13.0. The van der Waals surface area contributed by atoms with Crippen LogP contribution in [0.1, 0.15) is 28.3 Å². The highest BCUT2D eigenvalue weighted by molar-refractivity contribution is 6.31. The van der Waals surface area contributed by atoms with Gasteiger partial charge in [0.1, 0.15) is 5.75 Å². The zero-order valence-electron chi connectivity index (χ0n) is 18.9. The molecular weight excluding hydrogens is 438 g/mol. The molecule has 0 bridgehead atoms. The van der Waals surface area contributed by atoms with Crippen LogP contribution in [0.4, 0.5) is 5.69 Å². The van der Waals surface area contributed by atoms with E-state index in [1.165, 1.54) is 0 Å². The summed E-state index contributed by atoms with van der Waals surface area (Å²) < 4.78 is 7.62. The molecule has 0 aliphatic carbocycles. The second-order valence-electron chi connectivity index (χ2n) is 7.79. The Kier molecular flexibility index (Phi) is 6.42. The number of rotatable bonds is 6. The zero-order chi connectivity index (χ0) is 23.5. The van der Waals surface area contributed by atoms with Crippen LogP contribution in [0.15, 0.2) is 54.6 Å². The average molecular weight is 462 g/mol. The number of nitrogens with zero attached hydrogens (tertiary/aromatic N) is 4. The molecule has 2 aromatic carbocycles. The van der Waals surface area contributed by atoms with E-state index >= 15 is 0 Å². The lowest BCUT2D eigenvalue weighted by molar-refractivity contribution is -0.115. The summed E-state index contributed by atoms with van der Waals surface area (Å²) in [5, 5.41) is 8.00. The van der Waals surface area contributed by atoms with Gasteiger partial charge in [-0.05, 0) is 64.1 Å². The fourth-order valence-electron chi connectivity index (χ4n) is 3.59. The van der Waals surface area contributed by atoms with E-state index in [4.69, 9.17) is 16.3 Å². The summed E-state index contributed by atoms with van der Waals surface area (Å²) in [6.07, 6.45) is 0.139. The number of ether oxygens (including phenoxy) is 1. The summed E-state index contributed by atoms with van der Waals surface area (Å²) in [7, 11) is 0. The van der Waals surface area contributed by atoms with E-state index in [0.717, 1.165) is 28.3 Å². The molecule has 0 saturated heterocycles. The number of nitrogens with one attached hydrogen (secondary N) is 1. The highest BCUT2D eigenvalue weighted by Crippen LogP contribution is 2.32. The number of carbonyl (C=O) groups excluding carboxylic acids is 1. The molecule has 7 nitrogen and oxygen atoms in total. The average Bonchev–Trinajstić information content (AvgIpc) is 3.04. The summed E-state index contributed by atoms with van der Waals surface area (Å²) in [6, 6.07) is 16.4. The SMILES string of the molecule is Cc1cc(C)nc(-n2nc(C)c(CC(=O)Nc3cc(Cl)ccc3Oc3ccccc3)c2C)n1. The Balaban J connectivity index is 1.56. The van der Waals surface area contributed by atoms with Crippen LogP contribution in [0.5, 0.6) is 11.5 Å². The minimum atomic E-state index is -0.206. The molecule has 2 heterocycles. The van der Waals surface area contributed by atoms with Crippen LogP contribution < -0.4 is 10.1 Å². The van der Waals surface area contributed by atoms with Gasteiger partial charge in [0.15, 0.2) is 5.75 Å². The molecule has 0 aliphatic rings. The Morgan fingerprint density at radius 2 is 1.70 bits per heavy atom. The topological polar surface area (TPSA) is 81.9 Å². The molecule has 2 aromatic heterocycles. The quantitative estimate of drug-likeness (QED) is 0.408. The Hall–Kier alpha value is -3.71. The van der Waals surface area contributed by atoms with E-state index in [9.17, 15) is 4.79 Å². The number of halogens is 1. The Labute approximate surface area is 197 Å². The third-order valence-corrected chi connectivity index (χ3v) is 5.36. The molecule has 0 aliphatic heterocycles. The Morgan fingerprint density at radius 3 is 2.39 bits per heavy atom. The van der Waals surface area contributed by atoms with Crippen molar-refractivity contribution in [1.29, 1.82) is 0 Å². The van der Waals surface area contributed by atoms with Crippen molar-refractivity contribution in [2.24, 2.45) is 0 Å². The number of aryl methyl sites for hydroxylation is 3. The molecular formula is C25H24ClN5O2. The van der Waals surface area contributed by atoms with E-state index in [1.54, 1.807) is 22.9 Å². The van der Waals surface area contributed by atoms with Crippen LogP contribution in [-0.4, -0.2) is 25.7 Å². The van der Waals surface area contributed by atoms with Crippen LogP contribution in [0.3, 0.4) is 0 Å². The number of carbonyl (C=O) groups is 1. The van der Waals surface area contributed by atoms with Gasteiger partial charge in [-0.3, -0.25) is 4.79 Å². The van der Waals surface area contributed by atoms with Gasteiger partial charge in [-0.25, -0.2) is 14.6 Å². The largest absolute Gasteiger partial charge is 0.455 e. The van der Waals surface area contributed by atoms with Crippen molar-refractivity contribution in [3.05, 3.63) is 88.0 Å². The fourth-order valence-corrected chi connectivity index (χ4v) is 3.76. The van der Waals surface area contributed by atoms with Crippen molar-refractivity contribution < 1.29 is 9.53 Å². The predicted octanol–water partition coefficient (Wildman–Crippen LogP) is 5.52. The van der Waals surface area contributed by atoms with Gasteiger partial charge in [-0.1, -0.05) is 29.8 Å². The van der Waals surface area contributed by atoms with E-state index in [2.05, 4.69) is 20.4 Å². The minimum absolute atomic E-state index is 0.139. The lowest BCUT2D eigenvalue weighted by Gasteiger charge is -2.13. The molecule has 33 heavy (non-hydrogen) atoms. The normalized spacial score (nSPS) is 10.8. The van der Waals surface area contributed by atoms with Crippen LogP contribution in [0.25, 0.3) is 5.95 Å². The first kappa shape index (κ1) is 22.5.